The summed E-state index contributed by atoms with van der Waals surface area (Å²) >= 11 is 0. The lowest BCUT2D eigenvalue weighted by Crippen LogP contribution is -2.37. The van der Waals surface area contributed by atoms with Gasteiger partial charge < -0.3 is 16.0 Å². The lowest BCUT2D eigenvalue weighted by Gasteiger charge is -2.23. The molecule has 0 aromatic carbocycles. The van der Waals surface area contributed by atoms with Gasteiger partial charge in [-0.05, 0) is 12.8 Å². The van der Waals surface area contributed by atoms with Crippen molar-refractivity contribution in [3.05, 3.63) is 24.6 Å². The van der Waals surface area contributed by atoms with Crippen molar-refractivity contribution in [3.8, 4) is 0 Å². The number of hydrogen-bond donors (Lipinski definition) is 2. The highest BCUT2D eigenvalue weighted by Crippen LogP contribution is 2.13. The second kappa shape index (κ2) is 16.5. The first-order chi connectivity index (χ1) is 12.4. The zero-order valence-corrected chi connectivity index (χ0v) is 16.7. The Kier molecular flexibility index (Phi) is 14.6. The molecule has 1 heterocycles. The van der Waals surface area contributed by atoms with Crippen LogP contribution in [0.1, 0.15) is 96.8 Å². The Morgan fingerprint density at radius 2 is 1.48 bits per heavy atom. The van der Waals surface area contributed by atoms with Crippen LogP contribution in [0.15, 0.2) is 24.6 Å². The second-order valence-corrected chi connectivity index (χ2v) is 7.41. The van der Waals surface area contributed by atoms with E-state index in [1.165, 1.54) is 83.5 Å². The van der Waals surface area contributed by atoms with Crippen LogP contribution in [0.4, 0.5) is 0 Å². The second-order valence-electron chi connectivity index (χ2n) is 7.41. The summed E-state index contributed by atoms with van der Waals surface area (Å²) in [4.78, 5) is 2.29. The van der Waals surface area contributed by atoms with Crippen LogP contribution in [0.5, 0.6) is 0 Å². The van der Waals surface area contributed by atoms with Crippen LogP contribution in [-0.2, 0) is 0 Å². The zero-order chi connectivity index (χ0) is 18.0. The van der Waals surface area contributed by atoms with E-state index in [-0.39, 0.29) is 0 Å². The van der Waals surface area contributed by atoms with Gasteiger partial charge >= 0.3 is 0 Å². The molecule has 0 amide bonds. The SMILES string of the molecule is CCCCCCCCCCCCCC/C=C/CC1NC=CN1CCN. The van der Waals surface area contributed by atoms with Crippen molar-refractivity contribution in [2.75, 3.05) is 13.1 Å². The monoisotopic (exact) mass is 349 g/mol. The molecule has 1 aliphatic heterocycles. The topological polar surface area (TPSA) is 41.3 Å². The number of hydrogen-bond acceptors (Lipinski definition) is 3. The lowest BCUT2D eigenvalue weighted by atomic mass is 10.0. The van der Waals surface area contributed by atoms with Crippen molar-refractivity contribution in [1.82, 2.24) is 10.2 Å². The molecule has 0 saturated heterocycles. The highest BCUT2D eigenvalue weighted by atomic mass is 15.3. The van der Waals surface area contributed by atoms with E-state index in [1.54, 1.807) is 0 Å². The molecule has 3 N–H and O–H groups in total. The molecular formula is C22H43N3. The average Bonchev–Trinajstić information content (AvgIpc) is 3.06. The molecule has 3 heteroatoms. The molecule has 0 aromatic rings. The van der Waals surface area contributed by atoms with Crippen LogP contribution in [0.2, 0.25) is 0 Å². The minimum atomic E-state index is 0.404. The normalized spacial score (nSPS) is 16.9. The van der Waals surface area contributed by atoms with Crippen LogP contribution in [0.25, 0.3) is 0 Å². The smallest absolute Gasteiger partial charge is 0.102 e. The predicted octanol–water partition coefficient (Wildman–Crippen LogP) is 5.69. The Morgan fingerprint density at radius 1 is 0.880 bits per heavy atom. The highest BCUT2D eigenvalue weighted by molar-refractivity contribution is 4.98. The van der Waals surface area contributed by atoms with Gasteiger partial charge in [0.1, 0.15) is 6.17 Å². The van der Waals surface area contributed by atoms with Crippen molar-refractivity contribution < 1.29 is 0 Å². The molecule has 0 fully saturated rings. The maximum absolute atomic E-state index is 5.63. The van der Waals surface area contributed by atoms with E-state index in [1.807, 2.05) is 6.20 Å². The van der Waals surface area contributed by atoms with Gasteiger partial charge in [0, 0.05) is 31.9 Å². The van der Waals surface area contributed by atoms with Crippen molar-refractivity contribution in [3.63, 3.8) is 0 Å². The molecule has 0 radical (unpaired) electrons. The molecule has 146 valence electrons. The number of unbranched alkanes of at least 4 members (excludes halogenated alkanes) is 12. The number of rotatable bonds is 17. The van der Waals surface area contributed by atoms with E-state index in [0.717, 1.165) is 13.0 Å². The maximum Gasteiger partial charge on any atom is 0.102 e. The molecule has 0 spiro atoms. The fourth-order valence-corrected chi connectivity index (χ4v) is 3.48. The summed E-state index contributed by atoms with van der Waals surface area (Å²) in [6.07, 6.45) is 28.6. The Labute approximate surface area is 157 Å². The number of nitrogens with two attached hydrogens (primary N) is 1. The van der Waals surface area contributed by atoms with E-state index in [4.69, 9.17) is 5.73 Å². The number of nitrogens with zero attached hydrogens (tertiary/aromatic N) is 1. The van der Waals surface area contributed by atoms with Crippen molar-refractivity contribution in [2.24, 2.45) is 5.73 Å². The average molecular weight is 350 g/mol. The fraction of sp³-hybridized carbons (Fsp3) is 0.818. The van der Waals surface area contributed by atoms with Gasteiger partial charge in [-0.3, -0.25) is 0 Å². The van der Waals surface area contributed by atoms with Crippen LogP contribution in [0.3, 0.4) is 0 Å². The van der Waals surface area contributed by atoms with Crippen molar-refractivity contribution in [1.29, 1.82) is 0 Å². The van der Waals surface area contributed by atoms with Crippen LogP contribution in [0, 0.1) is 0 Å². The zero-order valence-electron chi connectivity index (χ0n) is 16.7. The lowest BCUT2D eigenvalue weighted by molar-refractivity contribution is 0.287. The predicted molar refractivity (Wildman–Crippen MR) is 111 cm³/mol. The molecule has 0 bridgehead atoms. The van der Waals surface area contributed by atoms with Gasteiger partial charge in [0.05, 0.1) is 0 Å². The van der Waals surface area contributed by atoms with E-state index in [9.17, 15) is 0 Å². The molecule has 1 unspecified atom stereocenters. The van der Waals surface area contributed by atoms with E-state index in [0.29, 0.717) is 12.7 Å². The largest absolute Gasteiger partial charge is 0.370 e. The van der Waals surface area contributed by atoms with Gasteiger partial charge in [-0.1, -0.05) is 89.7 Å². The number of allylic oxidation sites excluding steroid dienone is 1. The van der Waals surface area contributed by atoms with E-state index >= 15 is 0 Å². The third-order valence-corrected chi connectivity index (χ3v) is 5.09. The van der Waals surface area contributed by atoms with Gasteiger partial charge in [-0.15, -0.1) is 0 Å². The van der Waals surface area contributed by atoms with Gasteiger partial charge in [-0.25, -0.2) is 0 Å². The molecule has 3 nitrogen and oxygen atoms in total. The molecule has 1 atom stereocenters. The third kappa shape index (κ3) is 12.1. The first kappa shape index (κ1) is 22.1. The van der Waals surface area contributed by atoms with Crippen LogP contribution < -0.4 is 11.1 Å². The molecule has 1 aliphatic rings. The summed E-state index contributed by atoms with van der Waals surface area (Å²) in [5.41, 5.74) is 5.63. The molecule has 0 aromatic heterocycles. The van der Waals surface area contributed by atoms with E-state index in [2.05, 4.69) is 35.5 Å². The van der Waals surface area contributed by atoms with E-state index < -0.39 is 0 Å². The minimum Gasteiger partial charge on any atom is -0.370 e. The van der Waals surface area contributed by atoms with Crippen molar-refractivity contribution in [2.45, 2.75) is 103 Å². The minimum absolute atomic E-state index is 0.404. The summed E-state index contributed by atoms with van der Waals surface area (Å²) in [6, 6.07) is 0. The fourth-order valence-electron chi connectivity index (χ4n) is 3.48. The van der Waals surface area contributed by atoms with Gasteiger partial charge in [0.25, 0.3) is 0 Å². The van der Waals surface area contributed by atoms with Crippen molar-refractivity contribution >= 4 is 0 Å². The van der Waals surface area contributed by atoms with Gasteiger partial charge in [0.2, 0.25) is 0 Å². The first-order valence-electron chi connectivity index (χ1n) is 10.9. The number of nitrogens with one attached hydrogen (secondary N) is 1. The highest BCUT2D eigenvalue weighted by Gasteiger charge is 2.15. The summed E-state index contributed by atoms with van der Waals surface area (Å²) in [7, 11) is 0. The Morgan fingerprint density at radius 3 is 2.08 bits per heavy atom. The molecule has 0 saturated carbocycles. The quantitative estimate of drug-likeness (QED) is 0.262. The third-order valence-electron chi connectivity index (χ3n) is 5.09. The van der Waals surface area contributed by atoms with Crippen LogP contribution >= 0.6 is 0 Å². The maximum atomic E-state index is 5.63. The summed E-state index contributed by atoms with van der Waals surface area (Å²) in [6.45, 7) is 3.93. The molecule has 25 heavy (non-hydrogen) atoms. The molecule has 1 rings (SSSR count). The summed E-state index contributed by atoms with van der Waals surface area (Å²) in [5.74, 6) is 0. The summed E-state index contributed by atoms with van der Waals surface area (Å²) < 4.78 is 0. The molecule has 0 aliphatic carbocycles. The summed E-state index contributed by atoms with van der Waals surface area (Å²) in [5, 5.41) is 3.38. The van der Waals surface area contributed by atoms with Gasteiger partial charge in [-0.2, -0.15) is 0 Å². The first-order valence-corrected chi connectivity index (χ1v) is 10.9. The standard InChI is InChI=1S/C22H43N3/c1-2-3-4-5-6-7-8-9-10-11-12-13-14-15-16-17-22-24-19-21-25(22)20-18-23/h15-16,19,21-22,24H,2-14,17-18,20,23H2,1H3/b16-15+. The van der Waals surface area contributed by atoms with Crippen LogP contribution in [-0.4, -0.2) is 24.2 Å². The Hall–Kier alpha value is -0.960. The van der Waals surface area contributed by atoms with Gasteiger partial charge in [0.15, 0.2) is 0 Å². The molecular weight excluding hydrogens is 306 g/mol. The Balaban J connectivity index is 1.81. The Bertz CT molecular complexity index is 338.